The number of ether oxygens (including phenoxy) is 1. The molecule has 0 saturated heterocycles. The second kappa shape index (κ2) is 6.70. The minimum atomic E-state index is -0.407. The van der Waals surface area contributed by atoms with Gasteiger partial charge >= 0.3 is 5.97 Å². The maximum atomic E-state index is 13.2. The molecule has 0 radical (unpaired) electrons. The first-order valence-electron chi connectivity index (χ1n) is 6.88. The molecule has 0 saturated carbocycles. The molecule has 0 spiro atoms. The molecular weight excluding hydrogens is 319 g/mol. The minimum Gasteiger partial charge on any atom is -0.457 e. The average Bonchev–Trinajstić information content (AvgIpc) is 3.14. The van der Waals surface area contributed by atoms with Crippen LogP contribution in [-0.4, -0.2) is 16.1 Å². The van der Waals surface area contributed by atoms with Gasteiger partial charge in [0.15, 0.2) is 12.4 Å². The number of benzene rings is 1. The van der Waals surface area contributed by atoms with Crippen LogP contribution in [0.1, 0.15) is 17.1 Å². The third-order valence-electron chi connectivity index (χ3n) is 3.00. The van der Waals surface area contributed by atoms with Crippen LogP contribution >= 0.6 is 11.3 Å². The van der Waals surface area contributed by atoms with E-state index in [4.69, 9.17) is 9.26 Å². The van der Waals surface area contributed by atoms with Gasteiger partial charge in [0.1, 0.15) is 10.8 Å². The Bertz CT molecular complexity index is 828. The third kappa shape index (κ3) is 4.01. The number of esters is 1. The zero-order valence-corrected chi connectivity index (χ0v) is 13.1. The Hall–Kier alpha value is -2.54. The second-order valence-corrected chi connectivity index (χ2v) is 5.78. The summed E-state index contributed by atoms with van der Waals surface area (Å²) in [4.78, 5) is 16.1. The molecular formula is C16H13FN2O3S. The van der Waals surface area contributed by atoms with E-state index in [-0.39, 0.29) is 18.8 Å². The summed E-state index contributed by atoms with van der Waals surface area (Å²) in [5, 5.41) is 6.14. The first-order chi connectivity index (χ1) is 11.1. The Kier molecular flexibility index (Phi) is 4.47. The monoisotopic (exact) mass is 332 g/mol. The molecule has 0 unspecified atom stereocenters. The van der Waals surface area contributed by atoms with Crippen molar-refractivity contribution < 1.29 is 18.4 Å². The molecule has 0 N–H and O–H groups in total. The third-order valence-corrected chi connectivity index (χ3v) is 3.94. The normalized spacial score (nSPS) is 10.7. The number of rotatable bonds is 5. The number of aryl methyl sites for hydroxylation is 1. The molecule has 2 heterocycles. The van der Waals surface area contributed by atoms with E-state index in [0.29, 0.717) is 22.0 Å². The lowest BCUT2D eigenvalue weighted by Gasteiger charge is -2.00. The topological polar surface area (TPSA) is 65.2 Å². The summed E-state index contributed by atoms with van der Waals surface area (Å²) >= 11 is 1.36. The molecule has 5 nitrogen and oxygen atoms in total. The van der Waals surface area contributed by atoms with Gasteiger partial charge in [-0.15, -0.1) is 11.3 Å². The number of halogens is 1. The zero-order valence-electron chi connectivity index (χ0n) is 12.3. The van der Waals surface area contributed by atoms with Crippen LogP contribution in [0, 0.1) is 12.7 Å². The van der Waals surface area contributed by atoms with E-state index in [1.807, 2.05) is 0 Å². The van der Waals surface area contributed by atoms with Gasteiger partial charge in [0.25, 0.3) is 0 Å². The highest BCUT2D eigenvalue weighted by molar-refractivity contribution is 7.13. The van der Waals surface area contributed by atoms with Crippen molar-refractivity contribution in [1.29, 1.82) is 0 Å². The Labute approximate surface area is 135 Å². The highest BCUT2D eigenvalue weighted by Gasteiger charge is 2.12. The van der Waals surface area contributed by atoms with Gasteiger partial charge in [0.05, 0.1) is 17.8 Å². The largest absolute Gasteiger partial charge is 0.457 e. The van der Waals surface area contributed by atoms with E-state index in [0.717, 1.165) is 5.69 Å². The molecule has 0 aliphatic heterocycles. The standard InChI is InChI=1S/C16H13FN2O3S/c1-10-5-14(22-19-10)8-21-15(20)7-13-9-23-16(18-13)11-3-2-4-12(17)6-11/h2-6,9H,7-8H2,1H3. The molecule has 1 aromatic carbocycles. The fraction of sp³-hybridized carbons (Fsp3) is 0.188. The van der Waals surface area contributed by atoms with Gasteiger partial charge in [0.2, 0.25) is 0 Å². The van der Waals surface area contributed by atoms with Crippen molar-refractivity contribution in [2.45, 2.75) is 20.0 Å². The molecule has 0 amide bonds. The zero-order chi connectivity index (χ0) is 16.2. The lowest BCUT2D eigenvalue weighted by Crippen LogP contribution is -2.08. The van der Waals surface area contributed by atoms with Gasteiger partial charge in [-0.05, 0) is 19.1 Å². The Morgan fingerprint density at radius 3 is 3.00 bits per heavy atom. The molecule has 0 fully saturated rings. The van der Waals surface area contributed by atoms with Crippen molar-refractivity contribution in [3.63, 3.8) is 0 Å². The Balaban J connectivity index is 1.59. The summed E-state index contributed by atoms with van der Waals surface area (Å²) < 4.78 is 23.3. The van der Waals surface area contributed by atoms with Crippen LogP contribution in [-0.2, 0) is 22.6 Å². The molecule has 0 atom stereocenters. The lowest BCUT2D eigenvalue weighted by molar-refractivity contribution is -0.144. The Morgan fingerprint density at radius 1 is 1.39 bits per heavy atom. The summed E-state index contributed by atoms with van der Waals surface area (Å²) in [5.74, 6) is -0.231. The molecule has 3 rings (SSSR count). The van der Waals surface area contributed by atoms with Gasteiger partial charge in [-0.25, -0.2) is 9.37 Å². The minimum absolute atomic E-state index is 0.0422. The van der Waals surface area contributed by atoms with Gasteiger partial charge in [-0.3, -0.25) is 4.79 Å². The molecule has 118 valence electrons. The fourth-order valence-corrected chi connectivity index (χ4v) is 2.79. The van der Waals surface area contributed by atoms with E-state index in [1.165, 1.54) is 23.5 Å². The summed E-state index contributed by atoms with van der Waals surface area (Å²) in [6.07, 6.45) is 0.0545. The molecule has 0 aliphatic rings. The van der Waals surface area contributed by atoms with Crippen molar-refractivity contribution in [2.75, 3.05) is 0 Å². The molecule has 3 aromatic rings. The number of nitrogens with zero attached hydrogens (tertiary/aromatic N) is 2. The smallest absolute Gasteiger partial charge is 0.312 e. The van der Waals surface area contributed by atoms with E-state index >= 15 is 0 Å². The van der Waals surface area contributed by atoms with E-state index < -0.39 is 5.97 Å². The predicted molar refractivity (Wildman–Crippen MR) is 82.2 cm³/mol. The van der Waals surface area contributed by atoms with Crippen molar-refractivity contribution in [3.05, 3.63) is 58.7 Å². The van der Waals surface area contributed by atoms with Gasteiger partial charge < -0.3 is 9.26 Å². The molecule has 7 heteroatoms. The highest BCUT2D eigenvalue weighted by Crippen LogP contribution is 2.24. The molecule has 0 bridgehead atoms. The van der Waals surface area contributed by atoms with Gasteiger partial charge in [0, 0.05) is 17.0 Å². The van der Waals surface area contributed by atoms with Crippen LogP contribution < -0.4 is 0 Å². The van der Waals surface area contributed by atoms with Crippen molar-refractivity contribution >= 4 is 17.3 Å². The lowest BCUT2D eigenvalue weighted by atomic mass is 10.2. The fourth-order valence-electron chi connectivity index (χ4n) is 1.98. The molecule has 23 heavy (non-hydrogen) atoms. The summed E-state index contributed by atoms with van der Waals surface area (Å²) in [5.41, 5.74) is 2.01. The quantitative estimate of drug-likeness (QED) is 0.669. The van der Waals surface area contributed by atoms with Crippen molar-refractivity contribution in [1.82, 2.24) is 10.1 Å². The number of thiazole rings is 1. The van der Waals surface area contributed by atoms with Crippen LogP contribution in [0.2, 0.25) is 0 Å². The molecule has 2 aromatic heterocycles. The summed E-state index contributed by atoms with van der Waals surface area (Å²) in [6, 6.07) is 7.89. The van der Waals surface area contributed by atoms with Crippen molar-refractivity contribution in [2.24, 2.45) is 0 Å². The van der Waals surface area contributed by atoms with Crippen LogP contribution in [0.3, 0.4) is 0 Å². The van der Waals surface area contributed by atoms with E-state index in [9.17, 15) is 9.18 Å². The second-order valence-electron chi connectivity index (χ2n) is 4.93. The first-order valence-corrected chi connectivity index (χ1v) is 7.76. The number of hydrogen-bond donors (Lipinski definition) is 0. The van der Waals surface area contributed by atoms with Crippen LogP contribution in [0.5, 0.6) is 0 Å². The Morgan fingerprint density at radius 2 is 2.26 bits per heavy atom. The first kappa shape index (κ1) is 15.4. The maximum Gasteiger partial charge on any atom is 0.312 e. The molecule has 0 aliphatic carbocycles. The number of aromatic nitrogens is 2. The number of carbonyl (C=O) groups excluding carboxylic acids is 1. The highest BCUT2D eigenvalue weighted by atomic mass is 32.1. The summed E-state index contributed by atoms with van der Waals surface area (Å²) in [6.45, 7) is 1.83. The predicted octanol–water partition coefficient (Wildman–Crippen LogP) is 3.53. The average molecular weight is 332 g/mol. The van der Waals surface area contributed by atoms with E-state index in [2.05, 4.69) is 10.1 Å². The van der Waals surface area contributed by atoms with Gasteiger partial charge in [-0.1, -0.05) is 17.3 Å². The van der Waals surface area contributed by atoms with Crippen LogP contribution in [0.25, 0.3) is 10.6 Å². The number of carbonyl (C=O) groups is 1. The van der Waals surface area contributed by atoms with Crippen LogP contribution in [0.4, 0.5) is 4.39 Å². The van der Waals surface area contributed by atoms with E-state index in [1.54, 1.807) is 30.5 Å². The number of hydrogen-bond acceptors (Lipinski definition) is 6. The van der Waals surface area contributed by atoms with Crippen molar-refractivity contribution in [3.8, 4) is 10.6 Å². The summed E-state index contributed by atoms with van der Waals surface area (Å²) in [7, 11) is 0. The SMILES string of the molecule is Cc1cc(COC(=O)Cc2csc(-c3cccc(F)c3)n2)on1. The van der Waals surface area contributed by atoms with Crippen LogP contribution in [0.15, 0.2) is 40.2 Å². The maximum absolute atomic E-state index is 13.2. The van der Waals surface area contributed by atoms with Gasteiger partial charge in [-0.2, -0.15) is 0 Å².